The van der Waals surface area contributed by atoms with Crippen molar-refractivity contribution in [2.75, 3.05) is 0 Å². The number of hydrogen-bond donors (Lipinski definition) is 0. The molecule has 0 fully saturated rings. The highest BCUT2D eigenvalue weighted by Crippen LogP contribution is 2.27. The van der Waals surface area contributed by atoms with Crippen LogP contribution in [0.25, 0.3) is 11.4 Å². The molecule has 4 aromatic rings. The number of rotatable bonds is 4. The second-order valence-electron chi connectivity index (χ2n) is 10.1. The average Bonchev–Trinajstić information content (AvgIpc) is 3.14. The fraction of sp³-hybridized carbons (Fsp3) is 0.323. The molecule has 0 bridgehead atoms. The van der Waals surface area contributed by atoms with Gasteiger partial charge in [-0.15, -0.1) is 10.5 Å². The van der Waals surface area contributed by atoms with E-state index in [9.17, 15) is 0 Å². The van der Waals surface area contributed by atoms with E-state index in [0.29, 0.717) is 0 Å². The summed E-state index contributed by atoms with van der Waals surface area (Å²) in [7, 11) is 0. The minimum absolute atomic E-state index is 0.785. The SMILES string of the molecule is Cc1cc(C)c(-n2ccn(-c3c(C)cc(C)cc3C)c2=N[N]c2c(C)c(C)cc(C)c2C)c(C)c1. The van der Waals surface area contributed by atoms with Crippen LogP contribution in [-0.4, -0.2) is 9.13 Å². The summed E-state index contributed by atoms with van der Waals surface area (Å²) in [6.45, 7) is 21.5. The van der Waals surface area contributed by atoms with Gasteiger partial charge in [0, 0.05) is 12.4 Å². The van der Waals surface area contributed by atoms with Gasteiger partial charge in [-0.3, -0.25) is 9.13 Å². The van der Waals surface area contributed by atoms with Crippen LogP contribution >= 0.6 is 0 Å². The van der Waals surface area contributed by atoms with Gasteiger partial charge in [0.05, 0.1) is 17.1 Å². The molecule has 0 aliphatic heterocycles. The smallest absolute Gasteiger partial charge is 0.239 e. The molecule has 3 aromatic carbocycles. The second-order valence-corrected chi connectivity index (χ2v) is 10.1. The second kappa shape index (κ2) is 9.26. The maximum absolute atomic E-state index is 4.95. The molecule has 0 unspecified atom stereocenters. The van der Waals surface area contributed by atoms with Gasteiger partial charge >= 0.3 is 0 Å². The third-order valence-corrected chi connectivity index (χ3v) is 7.11. The summed E-state index contributed by atoms with van der Waals surface area (Å²) in [4.78, 5) is 0. The third-order valence-electron chi connectivity index (χ3n) is 7.11. The predicted octanol–water partition coefficient (Wildman–Crippen LogP) is 7.10. The van der Waals surface area contributed by atoms with E-state index in [4.69, 9.17) is 10.5 Å². The van der Waals surface area contributed by atoms with Crippen molar-refractivity contribution in [1.29, 1.82) is 0 Å². The molecule has 0 spiro atoms. The Morgan fingerprint density at radius 1 is 0.486 bits per heavy atom. The van der Waals surface area contributed by atoms with Crippen LogP contribution in [0, 0.1) is 69.2 Å². The molecular weight excluding hydrogens is 428 g/mol. The molecule has 4 heteroatoms. The van der Waals surface area contributed by atoms with E-state index in [-0.39, 0.29) is 0 Å². The Hall–Kier alpha value is -3.53. The molecule has 35 heavy (non-hydrogen) atoms. The van der Waals surface area contributed by atoms with Gasteiger partial charge in [-0.25, -0.2) is 0 Å². The summed E-state index contributed by atoms with van der Waals surface area (Å²) in [5, 5.41) is 4.95. The monoisotopic (exact) mass is 465 g/mol. The zero-order chi connectivity index (χ0) is 25.6. The summed E-state index contributed by atoms with van der Waals surface area (Å²) >= 11 is 0. The molecule has 1 radical (unpaired) electrons. The van der Waals surface area contributed by atoms with E-state index >= 15 is 0 Å². The lowest BCUT2D eigenvalue weighted by Crippen LogP contribution is -2.27. The normalized spacial score (nSPS) is 11.1. The highest BCUT2D eigenvalue weighted by Gasteiger charge is 2.16. The van der Waals surface area contributed by atoms with Crippen LogP contribution in [0.4, 0.5) is 5.69 Å². The van der Waals surface area contributed by atoms with Crippen molar-refractivity contribution in [2.24, 2.45) is 5.10 Å². The molecule has 0 aliphatic rings. The van der Waals surface area contributed by atoms with Crippen LogP contribution in [0.2, 0.25) is 0 Å². The minimum atomic E-state index is 0.785. The predicted molar refractivity (Wildman–Crippen MR) is 146 cm³/mol. The molecule has 0 N–H and O–H groups in total. The number of hydrogen-bond acceptors (Lipinski definition) is 1. The standard InChI is InChI=1S/C31H37N4/c1-18-13-22(5)29(23(6)14-18)34-11-12-35(30-24(7)15-19(2)16-25(30)8)31(34)33-32-28-26(9)20(3)17-21(4)27(28)10/h11-17H,1-10H3. The Balaban J connectivity index is 2.03. The Morgan fingerprint density at radius 2 is 0.857 bits per heavy atom. The van der Waals surface area contributed by atoms with Crippen molar-refractivity contribution in [3.63, 3.8) is 0 Å². The average molecular weight is 466 g/mol. The zero-order valence-electron chi connectivity index (χ0n) is 22.8. The minimum Gasteiger partial charge on any atom is -0.284 e. The highest BCUT2D eigenvalue weighted by atomic mass is 15.4. The van der Waals surface area contributed by atoms with Crippen LogP contribution in [0.3, 0.4) is 0 Å². The van der Waals surface area contributed by atoms with Crippen LogP contribution in [0.1, 0.15) is 55.6 Å². The van der Waals surface area contributed by atoms with Crippen molar-refractivity contribution in [2.45, 2.75) is 69.2 Å². The molecule has 0 saturated carbocycles. The summed E-state index contributed by atoms with van der Waals surface area (Å²) in [5.74, 6) is 0. The Bertz CT molecular complexity index is 1360. The number of nitrogens with zero attached hydrogens (tertiary/aromatic N) is 4. The van der Waals surface area contributed by atoms with Crippen molar-refractivity contribution < 1.29 is 0 Å². The first-order valence-electron chi connectivity index (χ1n) is 12.3. The quantitative estimate of drug-likeness (QED) is 0.288. The lowest BCUT2D eigenvalue weighted by molar-refractivity contribution is 0.761. The summed E-state index contributed by atoms with van der Waals surface area (Å²) in [5.41, 5.74) is 21.1. The van der Waals surface area contributed by atoms with Gasteiger partial charge in [-0.05, 0) is 114 Å². The molecule has 4 nitrogen and oxygen atoms in total. The van der Waals surface area contributed by atoms with Gasteiger partial charge in [0.15, 0.2) is 0 Å². The van der Waals surface area contributed by atoms with Gasteiger partial charge in [0.2, 0.25) is 5.62 Å². The Labute approximate surface area is 210 Å². The lowest BCUT2D eigenvalue weighted by Gasteiger charge is -2.16. The van der Waals surface area contributed by atoms with Crippen molar-refractivity contribution in [3.8, 4) is 11.4 Å². The fourth-order valence-corrected chi connectivity index (χ4v) is 5.37. The first-order chi connectivity index (χ1) is 16.5. The molecular formula is C31H37N4. The number of aryl methyl sites for hydroxylation is 8. The van der Waals surface area contributed by atoms with E-state index in [1.807, 2.05) is 0 Å². The molecule has 1 aromatic heterocycles. The zero-order valence-corrected chi connectivity index (χ0v) is 22.8. The van der Waals surface area contributed by atoms with Crippen LogP contribution in [0.15, 0.2) is 47.8 Å². The van der Waals surface area contributed by atoms with Crippen molar-refractivity contribution in [3.05, 3.63) is 104 Å². The van der Waals surface area contributed by atoms with Gasteiger partial charge in [-0.1, -0.05) is 41.5 Å². The maximum Gasteiger partial charge on any atom is 0.239 e. The van der Waals surface area contributed by atoms with E-state index in [0.717, 1.165) is 22.7 Å². The number of aromatic nitrogens is 2. The van der Waals surface area contributed by atoms with E-state index < -0.39 is 0 Å². The molecule has 0 aliphatic carbocycles. The van der Waals surface area contributed by atoms with Gasteiger partial charge in [0.1, 0.15) is 0 Å². The third kappa shape index (κ3) is 4.45. The Kier molecular flexibility index (Phi) is 6.50. The molecule has 1 heterocycles. The van der Waals surface area contributed by atoms with E-state index in [1.54, 1.807) is 0 Å². The first kappa shape index (κ1) is 24.6. The topological polar surface area (TPSA) is 36.3 Å². The summed E-state index contributed by atoms with van der Waals surface area (Å²) in [6, 6.07) is 11.1. The highest BCUT2D eigenvalue weighted by molar-refractivity contribution is 5.57. The molecule has 181 valence electrons. The Morgan fingerprint density at radius 3 is 1.23 bits per heavy atom. The lowest BCUT2D eigenvalue weighted by atomic mass is 9.99. The van der Waals surface area contributed by atoms with Crippen LogP contribution in [-0.2, 0) is 0 Å². The van der Waals surface area contributed by atoms with Gasteiger partial charge < -0.3 is 0 Å². The van der Waals surface area contributed by atoms with Crippen molar-refractivity contribution in [1.82, 2.24) is 14.6 Å². The first-order valence-corrected chi connectivity index (χ1v) is 12.3. The van der Waals surface area contributed by atoms with Gasteiger partial charge in [-0.2, -0.15) is 0 Å². The molecule has 0 saturated heterocycles. The molecule has 0 amide bonds. The molecule has 4 rings (SSSR count). The summed E-state index contributed by atoms with van der Waals surface area (Å²) in [6.07, 6.45) is 4.22. The summed E-state index contributed by atoms with van der Waals surface area (Å²) < 4.78 is 4.36. The maximum atomic E-state index is 4.95. The van der Waals surface area contributed by atoms with Gasteiger partial charge in [0.25, 0.3) is 0 Å². The van der Waals surface area contributed by atoms with Crippen molar-refractivity contribution >= 4 is 5.69 Å². The fourth-order valence-electron chi connectivity index (χ4n) is 5.37. The molecule has 0 atom stereocenters. The number of benzene rings is 3. The van der Waals surface area contributed by atoms with Crippen LogP contribution in [0.5, 0.6) is 0 Å². The van der Waals surface area contributed by atoms with E-state index in [1.165, 1.54) is 55.6 Å². The van der Waals surface area contributed by atoms with Crippen LogP contribution < -0.4 is 11.0 Å². The largest absolute Gasteiger partial charge is 0.284 e. The number of imidazole rings is 1. The van der Waals surface area contributed by atoms with E-state index in [2.05, 4.69) is 121 Å².